The summed E-state index contributed by atoms with van der Waals surface area (Å²) in [5.41, 5.74) is 2.58. The first-order valence-corrected chi connectivity index (χ1v) is 9.07. The largest absolute Gasteiger partial charge is 0.362 e. The third-order valence-electron chi connectivity index (χ3n) is 3.24. The Labute approximate surface area is 151 Å². The Kier molecular flexibility index (Phi) is 7.53. The van der Waals surface area contributed by atoms with E-state index in [1.807, 2.05) is 30.3 Å². The van der Waals surface area contributed by atoms with Crippen molar-refractivity contribution in [2.45, 2.75) is 12.2 Å². The summed E-state index contributed by atoms with van der Waals surface area (Å²) in [5.74, 6) is 1.32. The van der Waals surface area contributed by atoms with Gasteiger partial charge < -0.3 is 10.6 Å². The Morgan fingerprint density at radius 3 is 2.62 bits per heavy atom. The van der Waals surface area contributed by atoms with Gasteiger partial charge in [-0.1, -0.05) is 30.3 Å². The first-order chi connectivity index (χ1) is 11.7. The van der Waals surface area contributed by atoms with Gasteiger partial charge in [0.1, 0.15) is 5.82 Å². The van der Waals surface area contributed by atoms with E-state index in [9.17, 15) is 4.39 Å². The molecule has 0 radical (unpaired) electrons. The van der Waals surface area contributed by atoms with Crippen molar-refractivity contribution in [2.24, 2.45) is 0 Å². The summed E-state index contributed by atoms with van der Waals surface area (Å²) in [4.78, 5) is 0. The molecule has 0 amide bonds. The fourth-order valence-electron chi connectivity index (χ4n) is 2.01. The van der Waals surface area contributed by atoms with Crippen LogP contribution in [0.3, 0.4) is 0 Å². The number of anilines is 1. The van der Waals surface area contributed by atoms with Gasteiger partial charge in [-0.05, 0) is 41.5 Å². The van der Waals surface area contributed by atoms with Crippen molar-refractivity contribution in [3.05, 3.63) is 65.5 Å². The zero-order valence-corrected chi connectivity index (χ0v) is 14.7. The summed E-state index contributed by atoms with van der Waals surface area (Å²) in [6.45, 7) is 0.706. The van der Waals surface area contributed by atoms with E-state index in [1.54, 1.807) is 23.9 Å². The monoisotopic (exact) mass is 359 g/mol. The van der Waals surface area contributed by atoms with Crippen LogP contribution >= 0.6 is 24.0 Å². The minimum atomic E-state index is -0.157. The lowest BCUT2D eigenvalue weighted by atomic mass is 10.1. The Bertz CT molecular complexity index is 711. The van der Waals surface area contributed by atoms with E-state index in [0.29, 0.717) is 23.8 Å². The van der Waals surface area contributed by atoms with Gasteiger partial charge in [-0.3, -0.25) is 0 Å². The van der Waals surface area contributed by atoms with E-state index in [-0.39, 0.29) is 5.82 Å². The van der Waals surface area contributed by atoms with Crippen molar-refractivity contribution in [3.8, 4) is 6.07 Å². The molecule has 0 fully saturated rings. The van der Waals surface area contributed by atoms with Crippen LogP contribution < -0.4 is 10.6 Å². The fourth-order valence-corrected chi connectivity index (χ4v) is 3.07. The van der Waals surface area contributed by atoms with Crippen LogP contribution in [0.25, 0.3) is 0 Å². The molecular weight excluding hydrogens is 341 g/mol. The van der Waals surface area contributed by atoms with E-state index in [4.69, 9.17) is 17.5 Å². The van der Waals surface area contributed by atoms with Crippen LogP contribution in [0.2, 0.25) is 0 Å². The van der Waals surface area contributed by atoms with Crippen molar-refractivity contribution in [3.63, 3.8) is 0 Å². The van der Waals surface area contributed by atoms with Crippen LogP contribution in [-0.2, 0) is 12.2 Å². The molecule has 6 heteroatoms. The quantitative estimate of drug-likeness (QED) is 0.575. The zero-order chi connectivity index (χ0) is 17.2. The molecular formula is C18H18FN3S2. The third kappa shape index (κ3) is 6.19. The van der Waals surface area contributed by atoms with Gasteiger partial charge >= 0.3 is 0 Å². The molecule has 0 aliphatic carbocycles. The standard InChI is InChI=1S/C18H18FN3S2/c19-17-4-2-1-3-15(17)13-24-12-11-21-18(23)22-16-7-5-14(6-8-16)9-10-20/h1-8H,9,11-13H2,(H2,21,22,23). The number of nitriles is 1. The van der Waals surface area contributed by atoms with Gasteiger partial charge in [0, 0.05) is 23.7 Å². The molecule has 124 valence electrons. The molecule has 0 aliphatic rings. The Hall–Kier alpha value is -2.10. The highest BCUT2D eigenvalue weighted by Crippen LogP contribution is 2.14. The number of thiocarbonyl (C=S) groups is 1. The topological polar surface area (TPSA) is 47.9 Å². The number of rotatable bonds is 7. The molecule has 2 N–H and O–H groups in total. The van der Waals surface area contributed by atoms with Crippen LogP contribution in [0.5, 0.6) is 0 Å². The van der Waals surface area contributed by atoms with Crippen molar-refractivity contribution < 1.29 is 4.39 Å². The van der Waals surface area contributed by atoms with Crippen molar-refractivity contribution in [1.29, 1.82) is 5.26 Å². The zero-order valence-electron chi connectivity index (χ0n) is 13.1. The molecule has 0 saturated carbocycles. The minimum Gasteiger partial charge on any atom is -0.362 e. The number of hydrogen-bond donors (Lipinski definition) is 2. The second-order valence-electron chi connectivity index (χ2n) is 5.06. The molecule has 0 unspecified atom stereocenters. The summed E-state index contributed by atoms with van der Waals surface area (Å²) in [6.07, 6.45) is 0.405. The Balaban J connectivity index is 1.64. The summed E-state index contributed by atoms with van der Waals surface area (Å²) < 4.78 is 13.5. The van der Waals surface area contributed by atoms with Crippen LogP contribution in [-0.4, -0.2) is 17.4 Å². The van der Waals surface area contributed by atoms with Crippen molar-refractivity contribution >= 4 is 34.8 Å². The summed E-state index contributed by atoms with van der Waals surface area (Å²) >= 11 is 6.90. The first-order valence-electron chi connectivity index (χ1n) is 7.51. The Morgan fingerprint density at radius 1 is 1.17 bits per heavy atom. The lowest BCUT2D eigenvalue weighted by Crippen LogP contribution is -2.30. The SMILES string of the molecule is N#CCc1ccc(NC(=S)NCCSCc2ccccc2F)cc1. The van der Waals surface area contributed by atoms with Crippen molar-refractivity contribution in [2.75, 3.05) is 17.6 Å². The maximum Gasteiger partial charge on any atom is 0.170 e. The molecule has 0 saturated heterocycles. The normalized spacial score (nSPS) is 10.0. The van der Waals surface area contributed by atoms with Gasteiger partial charge in [0.15, 0.2) is 5.11 Å². The second-order valence-corrected chi connectivity index (χ2v) is 6.57. The summed E-state index contributed by atoms with van der Waals surface area (Å²) in [7, 11) is 0. The highest BCUT2D eigenvalue weighted by atomic mass is 32.2. The maximum atomic E-state index is 13.5. The predicted octanol–water partition coefficient (Wildman–Crippen LogP) is 4.11. The highest BCUT2D eigenvalue weighted by Gasteiger charge is 2.01. The van der Waals surface area contributed by atoms with Crippen LogP contribution in [0.15, 0.2) is 48.5 Å². The third-order valence-corrected chi connectivity index (χ3v) is 4.50. The van der Waals surface area contributed by atoms with Gasteiger partial charge in [-0.25, -0.2) is 4.39 Å². The van der Waals surface area contributed by atoms with Crippen LogP contribution in [0, 0.1) is 17.1 Å². The minimum absolute atomic E-state index is 0.157. The van der Waals surface area contributed by atoms with Crippen LogP contribution in [0.4, 0.5) is 10.1 Å². The van der Waals surface area contributed by atoms with Crippen molar-refractivity contribution in [1.82, 2.24) is 5.32 Å². The first kappa shape index (κ1) is 18.2. The number of hydrogen-bond acceptors (Lipinski definition) is 3. The molecule has 2 rings (SSSR count). The summed E-state index contributed by atoms with van der Waals surface area (Å²) in [6, 6.07) is 16.5. The van der Waals surface area contributed by atoms with Gasteiger partial charge in [-0.15, -0.1) is 0 Å². The molecule has 3 nitrogen and oxygen atoms in total. The van der Waals surface area contributed by atoms with Crippen LogP contribution in [0.1, 0.15) is 11.1 Å². The lowest BCUT2D eigenvalue weighted by molar-refractivity contribution is 0.617. The van der Waals surface area contributed by atoms with Gasteiger partial charge in [-0.2, -0.15) is 17.0 Å². The predicted molar refractivity (Wildman–Crippen MR) is 103 cm³/mol. The molecule has 24 heavy (non-hydrogen) atoms. The number of nitrogens with zero attached hydrogens (tertiary/aromatic N) is 1. The Morgan fingerprint density at radius 2 is 1.92 bits per heavy atom. The number of nitrogens with one attached hydrogen (secondary N) is 2. The molecule has 0 heterocycles. The lowest BCUT2D eigenvalue weighted by Gasteiger charge is -2.10. The number of benzene rings is 2. The van der Waals surface area contributed by atoms with Gasteiger partial charge in [0.2, 0.25) is 0 Å². The molecule has 0 aromatic heterocycles. The molecule has 0 atom stereocenters. The average Bonchev–Trinajstić information content (AvgIpc) is 2.58. The number of thioether (sulfide) groups is 1. The molecule has 0 bridgehead atoms. The van der Waals surface area contributed by atoms with Gasteiger partial charge in [0.05, 0.1) is 12.5 Å². The number of halogens is 1. The van der Waals surface area contributed by atoms with E-state index < -0.39 is 0 Å². The second kappa shape index (κ2) is 9.91. The van der Waals surface area contributed by atoms with Gasteiger partial charge in [0.25, 0.3) is 0 Å². The molecule has 0 spiro atoms. The van der Waals surface area contributed by atoms with E-state index >= 15 is 0 Å². The molecule has 0 aliphatic heterocycles. The van der Waals surface area contributed by atoms with E-state index in [0.717, 1.165) is 22.6 Å². The van der Waals surface area contributed by atoms with E-state index in [2.05, 4.69) is 16.7 Å². The maximum absolute atomic E-state index is 13.5. The molecule has 2 aromatic rings. The molecule has 2 aromatic carbocycles. The van der Waals surface area contributed by atoms with E-state index in [1.165, 1.54) is 6.07 Å². The summed E-state index contributed by atoms with van der Waals surface area (Å²) in [5, 5.41) is 15.4. The fraction of sp³-hybridized carbons (Fsp3) is 0.222. The smallest absolute Gasteiger partial charge is 0.170 e. The average molecular weight is 359 g/mol. The highest BCUT2D eigenvalue weighted by molar-refractivity contribution is 7.98.